The number of hydrogen-bond donors (Lipinski definition) is 2. The summed E-state index contributed by atoms with van der Waals surface area (Å²) in [4.78, 5) is 27.4. The predicted octanol–water partition coefficient (Wildman–Crippen LogP) is 0.161. The van der Waals surface area contributed by atoms with E-state index in [0.29, 0.717) is 17.1 Å². The molecule has 88 valence electrons. The van der Waals surface area contributed by atoms with Gasteiger partial charge in [-0.3, -0.25) is 14.7 Å². The number of hydrogen-bond acceptors (Lipinski definition) is 3. The van der Waals surface area contributed by atoms with Crippen LogP contribution >= 0.6 is 0 Å². The molecule has 1 saturated carbocycles. The first-order valence-electron chi connectivity index (χ1n) is 5.53. The highest BCUT2D eigenvalue weighted by Crippen LogP contribution is 2.29. The van der Waals surface area contributed by atoms with E-state index in [1.165, 1.54) is 23.0 Å². The van der Waals surface area contributed by atoms with E-state index in [2.05, 4.69) is 22.3 Å². The molecule has 1 aliphatic carbocycles. The van der Waals surface area contributed by atoms with Gasteiger partial charge >= 0.3 is 0 Å². The zero-order valence-corrected chi connectivity index (χ0v) is 9.30. The summed E-state index contributed by atoms with van der Waals surface area (Å²) in [6, 6.07) is 1.60. The Morgan fingerprint density at radius 2 is 2.41 bits per heavy atom. The van der Waals surface area contributed by atoms with Crippen LogP contribution in [0.2, 0.25) is 0 Å². The van der Waals surface area contributed by atoms with Gasteiger partial charge in [-0.1, -0.05) is 6.92 Å². The van der Waals surface area contributed by atoms with E-state index in [9.17, 15) is 9.59 Å². The van der Waals surface area contributed by atoms with Gasteiger partial charge in [0.1, 0.15) is 5.56 Å². The molecule has 6 heteroatoms. The number of rotatable bonds is 2. The van der Waals surface area contributed by atoms with E-state index in [-0.39, 0.29) is 17.5 Å². The molecule has 1 amide bonds. The fourth-order valence-electron chi connectivity index (χ4n) is 1.85. The minimum atomic E-state index is -0.228. The van der Waals surface area contributed by atoms with Crippen LogP contribution in [0.3, 0.4) is 0 Å². The molecule has 2 heterocycles. The van der Waals surface area contributed by atoms with Gasteiger partial charge in [0.25, 0.3) is 11.5 Å². The smallest absolute Gasteiger partial charge is 0.272 e. The zero-order chi connectivity index (χ0) is 12.0. The summed E-state index contributed by atoms with van der Waals surface area (Å²) in [5, 5.41) is 5.63. The van der Waals surface area contributed by atoms with E-state index >= 15 is 0 Å². The van der Waals surface area contributed by atoms with Crippen LogP contribution in [0, 0.1) is 5.92 Å². The minimum absolute atomic E-state index is 0.184. The van der Waals surface area contributed by atoms with Crippen molar-refractivity contribution in [2.24, 2.45) is 5.92 Å². The second kappa shape index (κ2) is 3.44. The van der Waals surface area contributed by atoms with Gasteiger partial charge in [0.05, 0.1) is 0 Å². The van der Waals surface area contributed by atoms with Crippen LogP contribution in [0.15, 0.2) is 23.3 Å². The highest BCUT2D eigenvalue weighted by Gasteiger charge is 2.34. The van der Waals surface area contributed by atoms with E-state index < -0.39 is 0 Å². The summed E-state index contributed by atoms with van der Waals surface area (Å²) in [5.41, 5.74) is 0.541. The molecule has 0 aromatic carbocycles. The Balaban J connectivity index is 1.97. The molecule has 2 N–H and O–H groups in total. The quantitative estimate of drug-likeness (QED) is 0.774. The van der Waals surface area contributed by atoms with Gasteiger partial charge in [0.15, 0.2) is 5.65 Å². The first-order chi connectivity index (χ1) is 8.16. The van der Waals surface area contributed by atoms with Crippen molar-refractivity contribution in [2.75, 3.05) is 0 Å². The molecule has 1 aliphatic rings. The summed E-state index contributed by atoms with van der Waals surface area (Å²) in [7, 11) is 0. The molecule has 2 aromatic heterocycles. The standard InChI is InChI=1S/C11H12N4O2/c1-6-4-8(6)14-11(17)7-5-13-15-9(16)2-3-12-10(7)15/h2-3,5-6,8,13H,4H2,1H3,(H,14,17). The number of aromatic amines is 1. The molecule has 3 rings (SSSR count). The third-order valence-corrected chi connectivity index (χ3v) is 3.10. The van der Waals surface area contributed by atoms with Gasteiger partial charge in [-0.15, -0.1) is 0 Å². The summed E-state index contributed by atoms with van der Waals surface area (Å²) in [5.74, 6) is 0.357. The van der Waals surface area contributed by atoms with Crippen LogP contribution < -0.4 is 10.9 Å². The highest BCUT2D eigenvalue weighted by atomic mass is 16.2. The summed E-state index contributed by atoms with van der Waals surface area (Å²) in [6.07, 6.45) is 3.93. The summed E-state index contributed by atoms with van der Waals surface area (Å²) in [6.45, 7) is 2.09. The minimum Gasteiger partial charge on any atom is -0.349 e. The Morgan fingerprint density at radius 3 is 3.12 bits per heavy atom. The highest BCUT2D eigenvalue weighted by molar-refractivity contribution is 5.99. The number of nitrogens with zero attached hydrogens (tertiary/aromatic N) is 2. The molecule has 2 aromatic rings. The normalized spacial score (nSPS) is 22.6. The van der Waals surface area contributed by atoms with Crippen molar-refractivity contribution in [1.29, 1.82) is 0 Å². The first-order valence-corrected chi connectivity index (χ1v) is 5.53. The number of carbonyl (C=O) groups excluding carboxylic acids is 1. The number of fused-ring (bicyclic) bond motifs is 1. The number of nitrogens with one attached hydrogen (secondary N) is 2. The van der Waals surface area contributed by atoms with Crippen LogP contribution in [0.1, 0.15) is 23.7 Å². The van der Waals surface area contributed by atoms with Crippen LogP contribution in [-0.2, 0) is 0 Å². The first kappa shape index (κ1) is 10.1. The van der Waals surface area contributed by atoms with E-state index in [0.717, 1.165) is 6.42 Å². The fraction of sp³-hybridized carbons (Fsp3) is 0.364. The Kier molecular flexibility index (Phi) is 2.04. The molecular weight excluding hydrogens is 220 g/mol. The number of amides is 1. The molecule has 0 spiro atoms. The van der Waals surface area contributed by atoms with Crippen LogP contribution in [0.4, 0.5) is 0 Å². The Morgan fingerprint density at radius 1 is 1.65 bits per heavy atom. The van der Waals surface area contributed by atoms with Crippen LogP contribution in [0.5, 0.6) is 0 Å². The molecule has 0 radical (unpaired) electrons. The topological polar surface area (TPSA) is 79.3 Å². The third-order valence-electron chi connectivity index (χ3n) is 3.10. The maximum Gasteiger partial charge on any atom is 0.272 e. The molecule has 0 saturated heterocycles. The van der Waals surface area contributed by atoms with Crippen molar-refractivity contribution in [3.05, 3.63) is 34.4 Å². The van der Waals surface area contributed by atoms with Crippen molar-refractivity contribution in [1.82, 2.24) is 19.9 Å². The van der Waals surface area contributed by atoms with Gasteiger partial charge in [0, 0.05) is 24.5 Å². The zero-order valence-electron chi connectivity index (χ0n) is 9.30. The summed E-state index contributed by atoms with van der Waals surface area (Å²) >= 11 is 0. The molecule has 17 heavy (non-hydrogen) atoms. The predicted molar refractivity (Wildman–Crippen MR) is 60.8 cm³/mol. The van der Waals surface area contributed by atoms with E-state index in [1.807, 2.05) is 0 Å². The summed E-state index contributed by atoms with van der Waals surface area (Å²) < 4.78 is 1.26. The second-order valence-corrected chi connectivity index (χ2v) is 4.42. The lowest BCUT2D eigenvalue weighted by atomic mass is 10.3. The van der Waals surface area contributed by atoms with E-state index in [1.54, 1.807) is 0 Å². The molecule has 0 bridgehead atoms. The molecule has 6 nitrogen and oxygen atoms in total. The van der Waals surface area contributed by atoms with Crippen molar-refractivity contribution in [2.45, 2.75) is 19.4 Å². The van der Waals surface area contributed by atoms with Gasteiger partial charge in [-0.2, -0.15) is 0 Å². The van der Waals surface area contributed by atoms with Crippen molar-refractivity contribution >= 4 is 11.6 Å². The maximum absolute atomic E-state index is 11.9. The molecule has 0 aliphatic heterocycles. The molecule has 2 atom stereocenters. The largest absolute Gasteiger partial charge is 0.349 e. The van der Waals surface area contributed by atoms with Crippen molar-refractivity contribution in [3.63, 3.8) is 0 Å². The molecule has 2 unspecified atom stereocenters. The number of carbonyl (C=O) groups is 1. The average molecular weight is 232 g/mol. The monoisotopic (exact) mass is 232 g/mol. The lowest BCUT2D eigenvalue weighted by molar-refractivity contribution is 0.0951. The van der Waals surface area contributed by atoms with Gasteiger partial charge in [0.2, 0.25) is 0 Å². The average Bonchev–Trinajstić information content (AvgIpc) is 2.81. The third kappa shape index (κ3) is 1.61. The van der Waals surface area contributed by atoms with Crippen molar-refractivity contribution < 1.29 is 4.79 Å². The lowest BCUT2D eigenvalue weighted by Gasteiger charge is -2.01. The van der Waals surface area contributed by atoms with Crippen LogP contribution in [0.25, 0.3) is 5.65 Å². The molecular formula is C11H12N4O2. The lowest BCUT2D eigenvalue weighted by Crippen LogP contribution is -2.26. The van der Waals surface area contributed by atoms with Gasteiger partial charge < -0.3 is 5.32 Å². The van der Waals surface area contributed by atoms with E-state index in [4.69, 9.17) is 0 Å². The fourth-order valence-corrected chi connectivity index (χ4v) is 1.85. The second-order valence-electron chi connectivity index (χ2n) is 4.42. The van der Waals surface area contributed by atoms with Gasteiger partial charge in [-0.05, 0) is 12.3 Å². The maximum atomic E-state index is 11.9. The number of H-pyrrole nitrogens is 1. The van der Waals surface area contributed by atoms with Crippen LogP contribution in [-0.4, -0.2) is 26.5 Å². The Bertz CT molecular complexity index is 642. The Labute approximate surface area is 96.6 Å². The van der Waals surface area contributed by atoms with Crippen molar-refractivity contribution in [3.8, 4) is 0 Å². The molecule has 1 fully saturated rings. The number of aromatic nitrogens is 3. The van der Waals surface area contributed by atoms with Gasteiger partial charge in [-0.25, -0.2) is 9.50 Å². The SMILES string of the molecule is CC1CC1NC(=O)c1c[nH]n2c(=O)ccnc12. The Hall–Kier alpha value is -2.11.